The van der Waals surface area contributed by atoms with E-state index in [2.05, 4.69) is 41.9 Å². The van der Waals surface area contributed by atoms with Crippen molar-refractivity contribution >= 4 is 5.71 Å². The third-order valence-corrected chi connectivity index (χ3v) is 5.61. The molecule has 0 saturated heterocycles. The van der Waals surface area contributed by atoms with Crippen molar-refractivity contribution in [3.8, 4) is 18.2 Å². The molecule has 3 rings (SSSR count). The van der Waals surface area contributed by atoms with Crippen molar-refractivity contribution in [1.29, 1.82) is 21.2 Å². The minimum atomic E-state index is -1.65. The van der Waals surface area contributed by atoms with Gasteiger partial charge in [0.25, 0.3) is 0 Å². The predicted molar refractivity (Wildman–Crippen MR) is 95.7 cm³/mol. The summed E-state index contributed by atoms with van der Waals surface area (Å²) >= 11 is 0. The number of pyridine rings is 1. The highest BCUT2D eigenvalue weighted by atomic mass is 15.2. The van der Waals surface area contributed by atoms with Crippen LogP contribution in [0.5, 0.6) is 0 Å². The molecule has 6 heteroatoms. The Hall–Kier alpha value is -3.01. The Morgan fingerprint density at radius 3 is 2.42 bits per heavy atom. The average Bonchev–Trinajstić information content (AvgIpc) is 2.67. The molecule has 0 radical (unpaired) electrons. The number of hydrogen-bond donors (Lipinski definition) is 1. The van der Waals surface area contributed by atoms with E-state index in [-0.39, 0.29) is 11.6 Å². The van der Waals surface area contributed by atoms with Crippen molar-refractivity contribution in [2.45, 2.75) is 25.8 Å². The van der Waals surface area contributed by atoms with Crippen molar-refractivity contribution in [3.63, 3.8) is 0 Å². The smallest absolute Gasteiger partial charge is 0.189 e. The molecular formula is C20H20N6. The van der Waals surface area contributed by atoms with Gasteiger partial charge in [0, 0.05) is 43.4 Å². The molecule has 1 N–H and O–H groups in total. The lowest BCUT2D eigenvalue weighted by atomic mass is 9.54. The van der Waals surface area contributed by atoms with Crippen molar-refractivity contribution < 1.29 is 0 Å². The van der Waals surface area contributed by atoms with Crippen molar-refractivity contribution in [2.75, 3.05) is 13.1 Å². The highest BCUT2D eigenvalue weighted by molar-refractivity contribution is 6.00. The molecule has 130 valence electrons. The second-order valence-electron chi connectivity index (χ2n) is 7.12. The van der Waals surface area contributed by atoms with Crippen LogP contribution in [0.25, 0.3) is 0 Å². The second-order valence-corrected chi connectivity index (χ2v) is 7.12. The molecule has 0 amide bonds. The highest BCUT2D eigenvalue weighted by Gasteiger charge is 2.57. The van der Waals surface area contributed by atoms with E-state index < -0.39 is 17.3 Å². The summed E-state index contributed by atoms with van der Waals surface area (Å²) in [5.74, 6) is -1.47. The number of aromatic nitrogens is 1. The molecule has 1 aromatic rings. The normalized spacial score (nSPS) is 27.6. The first kappa shape index (κ1) is 17.8. The van der Waals surface area contributed by atoms with Crippen LogP contribution < -0.4 is 0 Å². The third-order valence-electron chi connectivity index (χ3n) is 5.61. The molecular weight excluding hydrogens is 324 g/mol. The first-order chi connectivity index (χ1) is 12.5. The Labute approximate surface area is 153 Å². The van der Waals surface area contributed by atoms with Gasteiger partial charge in [-0.1, -0.05) is 6.08 Å². The minimum absolute atomic E-state index is 0.104. The third kappa shape index (κ3) is 2.49. The average molecular weight is 344 g/mol. The van der Waals surface area contributed by atoms with Crippen LogP contribution in [-0.4, -0.2) is 34.7 Å². The molecule has 1 fully saturated rings. The largest absolute Gasteiger partial charge is 0.305 e. The molecule has 1 aromatic heterocycles. The molecule has 1 aliphatic carbocycles. The fraction of sp³-hybridized carbons (Fsp3) is 0.450. The molecule has 26 heavy (non-hydrogen) atoms. The van der Waals surface area contributed by atoms with E-state index in [0.717, 1.165) is 11.1 Å². The Morgan fingerprint density at radius 2 is 1.88 bits per heavy atom. The molecule has 2 heterocycles. The van der Waals surface area contributed by atoms with Crippen LogP contribution in [0.15, 0.2) is 36.2 Å². The van der Waals surface area contributed by atoms with Gasteiger partial charge in [0.2, 0.25) is 0 Å². The van der Waals surface area contributed by atoms with E-state index in [1.165, 1.54) is 0 Å². The second kappa shape index (κ2) is 6.71. The molecule has 1 unspecified atom stereocenters. The summed E-state index contributed by atoms with van der Waals surface area (Å²) in [5.41, 5.74) is -0.0700. The molecule has 2 aliphatic rings. The number of fused-ring (bicyclic) bond motifs is 1. The quantitative estimate of drug-likeness (QED) is 0.829. The Bertz CT molecular complexity index is 850. The summed E-state index contributed by atoms with van der Waals surface area (Å²) in [4.78, 5) is 6.31. The fourth-order valence-corrected chi connectivity index (χ4v) is 4.20. The number of rotatable bonds is 2. The van der Waals surface area contributed by atoms with Crippen LogP contribution in [0.1, 0.15) is 25.3 Å². The first-order valence-electron chi connectivity index (χ1n) is 8.65. The summed E-state index contributed by atoms with van der Waals surface area (Å²) in [6.07, 6.45) is 5.30. The van der Waals surface area contributed by atoms with Crippen LogP contribution in [0.2, 0.25) is 0 Å². The number of nitrogens with one attached hydrogen (secondary N) is 1. The molecule has 3 atom stereocenters. The molecule has 1 saturated carbocycles. The topological polar surface area (TPSA) is 111 Å². The lowest BCUT2D eigenvalue weighted by molar-refractivity contribution is 0.171. The summed E-state index contributed by atoms with van der Waals surface area (Å²) in [6, 6.07) is 10.3. The van der Waals surface area contributed by atoms with Crippen LogP contribution in [0, 0.1) is 56.7 Å². The maximum Gasteiger partial charge on any atom is 0.189 e. The predicted octanol–water partition coefficient (Wildman–Crippen LogP) is 2.64. The Kier molecular flexibility index (Phi) is 4.60. The highest BCUT2D eigenvalue weighted by Crippen LogP contribution is 2.53. The summed E-state index contributed by atoms with van der Waals surface area (Å²) in [7, 11) is 0. The van der Waals surface area contributed by atoms with Gasteiger partial charge in [-0.15, -0.1) is 0 Å². The van der Waals surface area contributed by atoms with Gasteiger partial charge in [-0.05, 0) is 37.1 Å². The zero-order valence-corrected chi connectivity index (χ0v) is 14.8. The zero-order valence-electron chi connectivity index (χ0n) is 14.8. The summed E-state index contributed by atoms with van der Waals surface area (Å²) in [5, 5.41) is 38.1. The van der Waals surface area contributed by atoms with Crippen LogP contribution in [0.4, 0.5) is 0 Å². The van der Waals surface area contributed by atoms with Gasteiger partial charge >= 0.3 is 0 Å². The lowest BCUT2D eigenvalue weighted by Crippen LogP contribution is -2.53. The molecule has 0 bridgehead atoms. The van der Waals surface area contributed by atoms with Crippen LogP contribution in [0.3, 0.4) is 0 Å². The van der Waals surface area contributed by atoms with E-state index in [4.69, 9.17) is 5.41 Å². The van der Waals surface area contributed by atoms with Gasteiger partial charge in [-0.25, -0.2) is 0 Å². The van der Waals surface area contributed by atoms with Crippen molar-refractivity contribution in [2.24, 2.45) is 17.3 Å². The van der Waals surface area contributed by atoms with Gasteiger partial charge in [0.05, 0.1) is 23.9 Å². The number of nitriles is 3. The molecule has 6 nitrogen and oxygen atoms in total. The summed E-state index contributed by atoms with van der Waals surface area (Å²) in [6.45, 7) is 5.58. The molecule has 0 aromatic carbocycles. The Balaban J connectivity index is 2.23. The zero-order chi connectivity index (χ0) is 18.9. The molecule has 1 aliphatic heterocycles. The van der Waals surface area contributed by atoms with E-state index in [9.17, 15) is 15.8 Å². The number of nitrogens with zero attached hydrogens (tertiary/aromatic N) is 5. The monoisotopic (exact) mass is 344 g/mol. The van der Waals surface area contributed by atoms with Gasteiger partial charge in [0.15, 0.2) is 5.41 Å². The Morgan fingerprint density at radius 1 is 1.23 bits per heavy atom. The van der Waals surface area contributed by atoms with E-state index in [0.29, 0.717) is 19.1 Å². The van der Waals surface area contributed by atoms with E-state index in [1.54, 1.807) is 24.5 Å². The first-order valence-corrected chi connectivity index (χ1v) is 8.65. The van der Waals surface area contributed by atoms with Gasteiger partial charge in [-0.2, -0.15) is 15.8 Å². The van der Waals surface area contributed by atoms with Crippen LogP contribution >= 0.6 is 0 Å². The maximum absolute atomic E-state index is 9.95. The SMILES string of the molecule is CC(C)N1CC=C2C(C#N)C(=N)C(C#N)(C#N)[C@@H](c3ccncc3)[C@H]2C1. The van der Waals surface area contributed by atoms with E-state index in [1.807, 2.05) is 6.08 Å². The van der Waals surface area contributed by atoms with Crippen molar-refractivity contribution in [1.82, 2.24) is 9.88 Å². The number of hydrogen-bond acceptors (Lipinski definition) is 6. The van der Waals surface area contributed by atoms with E-state index >= 15 is 0 Å². The van der Waals surface area contributed by atoms with Gasteiger partial charge < -0.3 is 5.41 Å². The van der Waals surface area contributed by atoms with Crippen molar-refractivity contribution in [3.05, 3.63) is 41.7 Å². The molecule has 0 spiro atoms. The van der Waals surface area contributed by atoms with Gasteiger partial charge in [-0.3, -0.25) is 9.88 Å². The van der Waals surface area contributed by atoms with Gasteiger partial charge in [0.1, 0.15) is 5.92 Å². The lowest BCUT2D eigenvalue weighted by Gasteiger charge is -2.48. The standard InChI is InChI=1S/C20H20N6/c1-13(2)26-8-5-15-16(9-21)19(24)20(11-22,12-23)18(17(15)10-26)14-3-6-25-7-4-14/h3-7,13,16-18,24H,8,10H2,1-2H3/t16?,17-,18-/m0/s1. The fourth-order valence-electron chi connectivity index (χ4n) is 4.20. The van der Waals surface area contributed by atoms with Crippen LogP contribution in [-0.2, 0) is 0 Å². The minimum Gasteiger partial charge on any atom is -0.305 e. The summed E-state index contributed by atoms with van der Waals surface area (Å²) < 4.78 is 0. The maximum atomic E-state index is 9.95.